The van der Waals surface area contributed by atoms with Crippen molar-refractivity contribution in [1.29, 1.82) is 0 Å². The molecule has 2 heterocycles. The van der Waals surface area contributed by atoms with Gasteiger partial charge < -0.3 is 26.3 Å². The van der Waals surface area contributed by atoms with E-state index in [-0.39, 0.29) is 17.6 Å². The zero-order chi connectivity index (χ0) is 26.0. The number of nitrogens with zero attached hydrogens (tertiary/aromatic N) is 3. The summed E-state index contributed by atoms with van der Waals surface area (Å²) in [5.74, 6) is 2.08. The molecular weight excluding hydrogens is 488 g/mol. The molecule has 0 atom stereocenters. The summed E-state index contributed by atoms with van der Waals surface area (Å²) in [6, 6.07) is 17.5. The van der Waals surface area contributed by atoms with Crippen LogP contribution in [0.25, 0.3) is 22.4 Å². The molecule has 5 N–H and O–H groups in total. The van der Waals surface area contributed by atoms with Crippen LogP contribution in [-0.4, -0.2) is 63.7 Å². The van der Waals surface area contributed by atoms with Crippen molar-refractivity contribution in [2.75, 3.05) is 42.6 Å². The van der Waals surface area contributed by atoms with Crippen molar-refractivity contribution < 1.29 is 9.59 Å². The Hall–Kier alpha value is -4.12. The van der Waals surface area contributed by atoms with Crippen LogP contribution in [0.4, 0.5) is 11.6 Å². The Balaban J connectivity index is 1.32. The lowest BCUT2D eigenvalue weighted by molar-refractivity contribution is -0.119. The number of anilines is 2. The molecular formula is C26H30N8O2S. The summed E-state index contributed by atoms with van der Waals surface area (Å²) in [5, 5.41) is 13.0. The summed E-state index contributed by atoms with van der Waals surface area (Å²) in [6.45, 7) is 5.37. The lowest BCUT2D eigenvalue weighted by Gasteiger charge is -2.16. The summed E-state index contributed by atoms with van der Waals surface area (Å²) < 4.78 is 0. The second-order valence-corrected chi connectivity index (χ2v) is 9.23. The molecule has 0 aliphatic rings. The Morgan fingerprint density at radius 2 is 1.49 bits per heavy atom. The Morgan fingerprint density at radius 3 is 2.16 bits per heavy atom. The Labute approximate surface area is 219 Å². The molecule has 2 aromatic heterocycles. The van der Waals surface area contributed by atoms with E-state index in [4.69, 9.17) is 4.98 Å². The van der Waals surface area contributed by atoms with Gasteiger partial charge in [0, 0.05) is 44.2 Å². The number of benzene rings is 2. The van der Waals surface area contributed by atoms with Crippen LogP contribution in [0.3, 0.4) is 0 Å². The lowest BCUT2D eigenvalue weighted by Crippen LogP contribution is -2.30. The first kappa shape index (κ1) is 26.0. The first-order chi connectivity index (χ1) is 18.0. The molecule has 37 heavy (non-hydrogen) atoms. The van der Waals surface area contributed by atoms with Crippen molar-refractivity contribution in [3.8, 4) is 11.4 Å². The third-order valence-corrected chi connectivity index (χ3v) is 6.29. The number of amides is 2. The standard InChI is InChI=1S/C26H30N8O2S/c1-17-23(29-14-12-27-18(2)35)33-25(19-8-4-3-5-9-19)34-24(17)30-15-13-28-22(36)16-37-26-31-20-10-6-7-11-21(20)32-26/h3-11H,12-16H2,1-2H3,(H,27,35)(H,28,36)(H,31,32)(H2,29,30,33,34). The SMILES string of the molecule is CC(=O)NCCNc1nc(-c2ccccc2)nc(NCCNC(=O)CSc2nc3ccccc3[nH]2)c1C. The normalized spacial score (nSPS) is 10.8. The van der Waals surface area contributed by atoms with Crippen LogP contribution in [0.15, 0.2) is 59.8 Å². The van der Waals surface area contributed by atoms with Gasteiger partial charge in [-0.15, -0.1) is 0 Å². The van der Waals surface area contributed by atoms with E-state index in [1.54, 1.807) is 0 Å². The minimum absolute atomic E-state index is 0.0723. The average Bonchev–Trinajstić information content (AvgIpc) is 3.33. The Bertz CT molecular complexity index is 1330. The maximum absolute atomic E-state index is 12.3. The number of aromatic amines is 1. The highest BCUT2D eigenvalue weighted by Crippen LogP contribution is 2.25. The first-order valence-electron chi connectivity index (χ1n) is 12.0. The van der Waals surface area contributed by atoms with Crippen LogP contribution < -0.4 is 21.3 Å². The minimum Gasteiger partial charge on any atom is -0.368 e. The Kier molecular flexibility index (Phi) is 8.93. The zero-order valence-corrected chi connectivity index (χ0v) is 21.6. The molecule has 0 spiro atoms. The highest BCUT2D eigenvalue weighted by Gasteiger charge is 2.13. The van der Waals surface area contributed by atoms with Gasteiger partial charge in [0.05, 0.1) is 16.8 Å². The van der Waals surface area contributed by atoms with Gasteiger partial charge in [0.2, 0.25) is 11.8 Å². The van der Waals surface area contributed by atoms with Crippen molar-refractivity contribution in [1.82, 2.24) is 30.6 Å². The third-order valence-electron chi connectivity index (χ3n) is 5.42. The Morgan fingerprint density at radius 1 is 0.838 bits per heavy atom. The summed E-state index contributed by atoms with van der Waals surface area (Å²) in [7, 11) is 0. The summed E-state index contributed by atoms with van der Waals surface area (Å²) in [5.41, 5.74) is 3.59. The van der Waals surface area contributed by atoms with Gasteiger partial charge in [-0.3, -0.25) is 9.59 Å². The van der Waals surface area contributed by atoms with E-state index in [1.165, 1.54) is 18.7 Å². The number of nitrogens with one attached hydrogen (secondary N) is 5. The molecule has 192 valence electrons. The van der Waals surface area contributed by atoms with E-state index in [2.05, 4.69) is 36.2 Å². The average molecular weight is 519 g/mol. The van der Waals surface area contributed by atoms with Crippen molar-refractivity contribution in [2.24, 2.45) is 0 Å². The van der Waals surface area contributed by atoms with E-state index in [0.29, 0.717) is 43.6 Å². The molecule has 0 bridgehead atoms. The molecule has 4 rings (SSSR count). The maximum atomic E-state index is 12.3. The van der Waals surface area contributed by atoms with E-state index in [0.717, 1.165) is 27.3 Å². The molecule has 0 aliphatic heterocycles. The van der Waals surface area contributed by atoms with Crippen molar-refractivity contribution in [3.05, 3.63) is 60.2 Å². The van der Waals surface area contributed by atoms with E-state index in [1.807, 2.05) is 61.5 Å². The van der Waals surface area contributed by atoms with E-state index >= 15 is 0 Å². The van der Waals surface area contributed by atoms with Gasteiger partial charge in [0.25, 0.3) is 0 Å². The van der Waals surface area contributed by atoms with Crippen LogP contribution in [-0.2, 0) is 9.59 Å². The summed E-state index contributed by atoms with van der Waals surface area (Å²) >= 11 is 1.37. The molecule has 2 amide bonds. The molecule has 0 saturated heterocycles. The van der Waals surface area contributed by atoms with E-state index < -0.39 is 0 Å². The number of carbonyl (C=O) groups is 2. The molecule has 0 saturated carbocycles. The number of imidazole rings is 1. The number of aromatic nitrogens is 4. The van der Waals surface area contributed by atoms with Gasteiger partial charge in [-0.1, -0.05) is 54.2 Å². The zero-order valence-electron chi connectivity index (χ0n) is 20.8. The monoisotopic (exact) mass is 518 g/mol. The fourth-order valence-electron chi connectivity index (χ4n) is 3.56. The number of carbonyl (C=O) groups excluding carboxylic acids is 2. The molecule has 0 aliphatic carbocycles. The lowest BCUT2D eigenvalue weighted by atomic mass is 10.2. The highest BCUT2D eigenvalue weighted by atomic mass is 32.2. The van der Waals surface area contributed by atoms with Crippen LogP contribution in [0, 0.1) is 6.92 Å². The van der Waals surface area contributed by atoms with Crippen LogP contribution >= 0.6 is 11.8 Å². The topological polar surface area (TPSA) is 137 Å². The molecule has 0 fully saturated rings. The maximum Gasteiger partial charge on any atom is 0.230 e. The predicted molar refractivity (Wildman–Crippen MR) is 148 cm³/mol. The fraction of sp³-hybridized carbons (Fsp3) is 0.269. The second kappa shape index (κ2) is 12.7. The van der Waals surface area contributed by atoms with Crippen LogP contribution in [0.5, 0.6) is 0 Å². The smallest absolute Gasteiger partial charge is 0.230 e. The molecule has 0 radical (unpaired) electrons. The number of thioether (sulfide) groups is 1. The van der Waals surface area contributed by atoms with Gasteiger partial charge in [-0.2, -0.15) is 0 Å². The number of para-hydroxylation sites is 2. The fourth-order valence-corrected chi connectivity index (χ4v) is 4.28. The summed E-state index contributed by atoms with van der Waals surface area (Å²) in [4.78, 5) is 40.6. The molecule has 2 aromatic carbocycles. The second-order valence-electron chi connectivity index (χ2n) is 8.27. The van der Waals surface area contributed by atoms with Crippen LogP contribution in [0.2, 0.25) is 0 Å². The van der Waals surface area contributed by atoms with Crippen molar-refractivity contribution >= 4 is 46.2 Å². The molecule has 4 aromatic rings. The highest BCUT2D eigenvalue weighted by molar-refractivity contribution is 7.99. The van der Waals surface area contributed by atoms with Gasteiger partial charge in [-0.05, 0) is 19.1 Å². The van der Waals surface area contributed by atoms with Crippen molar-refractivity contribution in [3.63, 3.8) is 0 Å². The minimum atomic E-state index is -0.0772. The van der Waals surface area contributed by atoms with Gasteiger partial charge in [0.15, 0.2) is 11.0 Å². The van der Waals surface area contributed by atoms with Crippen LogP contribution in [0.1, 0.15) is 12.5 Å². The molecule has 10 nitrogen and oxygen atoms in total. The first-order valence-corrected chi connectivity index (χ1v) is 13.0. The number of hydrogen-bond acceptors (Lipinski definition) is 8. The number of fused-ring (bicyclic) bond motifs is 1. The van der Waals surface area contributed by atoms with Gasteiger partial charge in [0.1, 0.15) is 11.6 Å². The quantitative estimate of drug-likeness (QED) is 0.142. The largest absolute Gasteiger partial charge is 0.368 e. The molecule has 11 heteroatoms. The summed E-state index contributed by atoms with van der Waals surface area (Å²) in [6.07, 6.45) is 0. The van der Waals surface area contributed by atoms with Gasteiger partial charge >= 0.3 is 0 Å². The van der Waals surface area contributed by atoms with Crippen molar-refractivity contribution in [2.45, 2.75) is 19.0 Å². The van der Waals surface area contributed by atoms with Gasteiger partial charge in [-0.25, -0.2) is 15.0 Å². The number of rotatable bonds is 12. The molecule has 0 unspecified atom stereocenters. The van der Waals surface area contributed by atoms with E-state index in [9.17, 15) is 9.59 Å². The number of H-pyrrole nitrogens is 1. The predicted octanol–water partition coefficient (Wildman–Crippen LogP) is 3.20. The number of hydrogen-bond donors (Lipinski definition) is 5. The third kappa shape index (κ3) is 7.43.